The molecule has 0 bridgehead atoms. The molecule has 1 aromatic rings. The lowest BCUT2D eigenvalue weighted by molar-refractivity contribution is 0.134. The summed E-state index contributed by atoms with van der Waals surface area (Å²) in [7, 11) is 0. The van der Waals surface area contributed by atoms with Crippen LogP contribution in [0.25, 0.3) is 0 Å². The molecule has 2 rings (SSSR count). The summed E-state index contributed by atoms with van der Waals surface area (Å²) in [5, 5.41) is 6.71. The third kappa shape index (κ3) is 2.25. The van der Waals surface area contributed by atoms with Crippen molar-refractivity contribution in [2.24, 2.45) is 0 Å². The molecule has 76 valence electrons. The highest BCUT2D eigenvalue weighted by atomic mass is 16.5. The van der Waals surface area contributed by atoms with Gasteiger partial charge < -0.3 is 14.6 Å². The van der Waals surface area contributed by atoms with Crippen molar-refractivity contribution in [2.45, 2.75) is 25.9 Å². The van der Waals surface area contributed by atoms with Crippen molar-refractivity contribution >= 4 is 6.01 Å². The van der Waals surface area contributed by atoms with Gasteiger partial charge in [0.1, 0.15) is 6.10 Å². The van der Waals surface area contributed by atoms with E-state index in [0.29, 0.717) is 18.4 Å². The number of anilines is 1. The maximum absolute atomic E-state index is 5.37. The summed E-state index contributed by atoms with van der Waals surface area (Å²) in [5.74, 6) is 0.636. The van der Waals surface area contributed by atoms with Crippen LogP contribution in [0, 0.1) is 6.92 Å². The van der Waals surface area contributed by atoms with Gasteiger partial charge in [-0.3, -0.25) is 0 Å². The van der Waals surface area contributed by atoms with Gasteiger partial charge in [0.15, 0.2) is 5.82 Å². The van der Waals surface area contributed by atoms with Crippen LogP contribution in [-0.2, 0) is 4.74 Å². The van der Waals surface area contributed by atoms with Gasteiger partial charge in [-0.15, -0.1) is 0 Å². The van der Waals surface area contributed by atoms with Crippen molar-refractivity contribution in [2.75, 3.05) is 11.9 Å². The van der Waals surface area contributed by atoms with Crippen molar-refractivity contribution in [1.29, 1.82) is 0 Å². The average molecular weight is 195 g/mol. The van der Waals surface area contributed by atoms with Gasteiger partial charge >= 0.3 is 6.01 Å². The molecule has 0 saturated carbocycles. The first-order valence-corrected chi connectivity index (χ1v) is 4.69. The van der Waals surface area contributed by atoms with Crippen molar-refractivity contribution in [1.82, 2.24) is 10.1 Å². The third-order valence-electron chi connectivity index (χ3n) is 2.03. The second-order valence-electron chi connectivity index (χ2n) is 3.23. The van der Waals surface area contributed by atoms with E-state index in [2.05, 4.69) is 15.5 Å². The molecule has 0 spiro atoms. The molecule has 1 unspecified atom stereocenters. The largest absolute Gasteiger partial charge is 0.497 e. The van der Waals surface area contributed by atoms with E-state index in [1.54, 1.807) is 13.2 Å². The number of allylic oxidation sites excluding steroid dienone is 1. The fourth-order valence-corrected chi connectivity index (χ4v) is 1.31. The van der Waals surface area contributed by atoms with E-state index in [4.69, 9.17) is 9.26 Å². The number of rotatable bonds is 3. The van der Waals surface area contributed by atoms with E-state index in [1.807, 2.05) is 6.08 Å². The van der Waals surface area contributed by atoms with Gasteiger partial charge in [0, 0.05) is 0 Å². The molecule has 0 fully saturated rings. The standard InChI is InChI=1S/C9H13N3O2/c1-7-11-9(14-12-7)10-6-8-4-2-3-5-13-8/h3,5,8H,2,4,6H2,1H3,(H,10,11,12). The van der Waals surface area contributed by atoms with Crippen molar-refractivity contribution in [3.63, 3.8) is 0 Å². The van der Waals surface area contributed by atoms with E-state index in [-0.39, 0.29) is 6.10 Å². The van der Waals surface area contributed by atoms with E-state index >= 15 is 0 Å². The molecule has 1 aliphatic heterocycles. The first-order valence-electron chi connectivity index (χ1n) is 4.69. The lowest BCUT2D eigenvalue weighted by Gasteiger charge is -2.18. The summed E-state index contributed by atoms with van der Waals surface area (Å²) in [4.78, 5) is 4.03. The Kier molecular flexibility index (Phi) is 2.67. The second-order valence-corrected chi connectivity index (χ2v) is 3.23. The van der Waals surface area contributed by atoms with Crippen molar-refractivity contribution < 1.29 is 9.26 Å². The van der Waals surface area contributed by atoms with Crippen LogP contribution in [0.15, 0.2) is 16.9 Å². The molecular formula is C9H13N3O2. The number of hydrogen-bond donors (Lipinski definition) is 1. The zero-order valence-electron chi connectivity index (χ0n) is 8.06. The van der Waals surface area contributed by atoms with Crippen LogP contribution < -0.4 is 5.32 Å². The first kappa shape index (κ1) is 9.05. The van der Waals surface area contributed by atoms with Crippen LogP contribution in [-0.4, -0.2) is 22.8 Å². The topological polar surface area (TPSA) is 60.2 Å². The quantitative estimate of drug-likeness (QED) is 0.791. The third-order valence-corrected chi connectivity index (χ3v) is 2.03. The molecule has 1 aliphatic rings. The number of hydrogen-bond acceptors (Lipinski definition) is 5. The minimum absolute atomic E-state index is 0.201. The van der Waals surface area contributed by atoms with Crippen LogP contribution in [0.2, 0.25) is 0 Å². The molecule has 14 heavy (non-hydrogen) atoms. The molecule has 5 nitrogen and oxygen atoms in total. The molecule has 0 amide bonds. The zero-order valence-corrected chi connectivity index (χ0v) is 8.06. The molecule has 0 aliphatic carbocycles. The number of aryl methyl sites for hydroxylation is 1. The monoisotopic (exact) mass is 195 g/mol. The SMILES string of the molecule is Cc1noc(NCC2CCC=CO2)n1. The number of nitrogens with zero attached hydrogens (tertiary/aromatic N) is 2. The summed E-state index contributed by atoms with van der Waals surface area (Å²) < 4.78 is 10.3. The Labute approximate surface area is 82.1 Å². The van der Waals surface area contributed by atoms with Gasteiger partial charge in [0.25, 0.3) is 0 Å². The Morgan fingerprint density at radius 1 is 1.64 bits per heavy atom. The first-order chi connectivity index (χ1) is 6.84. The van der Waals surface area contributed by atoms with Crippen molar-refractivity contribution in [3.8, 4) is 0 Å². The smallest absolute Gasteiger partial charge is 0.321 e. The predicted molar refractivity (Wildman–Crippen MR) is 50.8 cm³/mol. The fraction of sp³-hybridized carbons (Fsp3) is 0.556. The summed E-state index contributed by atoms with van der Waals surface area (Å²) in [6.07, 6.45) is 6.06. The maximum Gasteiger partial charge on any atom is 0.321 e. The molecule has 0 aromatic carbocycles. The second kappa shape index (κ2) is 4.13. The number of ether oxygens (including phenoxy) is 1. The highest BCUT2D eigenvalue weighted by Gasteiger charge is 2.11. The molecule has 1 aromatic heterocycles. The summed E-state index contributed by atoms with van der Waals surface area (Å²) >= 11 is 0. The van der Waals surface area contributed by atoms with Gasteiger partial charge in [-0.25, -0.2) is 0 Å². The summed E-state index contributed by atoms with van der Waals surface area (Å²) in [5.41, 5.74) is 0. The number of aromatic nitrogens is 2. The zero-order chi connectivity index (χ0) is 9.80. The van der Waals surface area contributed by atoms with E-state index in [9.17, 15) is 0 Å². The molecular weight excluding hydrogens is 182 g/mol. The van der Waals surface area contributed by atoms with Gasteiger partial charge in [-0.1, -0.05) is 5.16 Å². The lowest BCUT2D eigenvalue weighted by Crippen LogP contribution is -2.23. The van der Waals surface area contributed by atoms with E-state index < -0.39 is 0 Å². The Hall–Kier alpha value is -1.52. The Morgan fingerprint density at radius 3 is 3.21 bits per heavy atom. The minimum Gasteiger partial charge on any atom is -0.497 e. The highest BCUT2D eigenvalue weighted by molar-refractivity contribution is 5.18. The number of nitrogens with one attached hydrogen (secondary N) is 1. The lowest BCUT2D eigenvalue weighted by atomic mass is 10.1. The van der Waals surface area contributed by atoms with Crippen LogP contribution in [0.1, 0.15) is 18.7 Å². The van der Waals surface area contributed by atoms with Gasteiger partial charge in [-0.05, 0) is 25.8 Å². The fourth-order valence-electron chi connectivity index (χ4n) is 1.31. The maximum atomic E-state index is 5.37. The van der Waals surface area contributed by atoms with Crippen molar-refractivity contribution in [3.05, 3.63) is 18.2 Å². The average Bonchev–Trinajstić information content (AvgIpc) is 2.63. The van der Waals surface area contributed by atoms with Gasteiger partial charge in [-0.2, -0.15) is 4.98 Å². The summed E-state index contributed by atoms with van der Waals surface area (Å²) in [6, 6.07) is 0.459. The molecule has 0 saturated heterocycles. The summed E-state index contributed by atoms with van der Waals surface area (Å²) in [6.45, 7) is 2.49. The van der Waals surface area contributed by atoms with Crippen LogP contribution in [0.3, 0.4) is 0 Å². The molecule has 5 heteroatoms. The van der Waals surface area contributed by atoms with Gasteiger partial charge in [0.2, 0.25) is 0 Å². The molecule has 1 atom stereocenters. The molecule has 2 heterocycles. The van der Waals surface area contributed by atoms with E-state index in [0.717, 1.165) is 12.8 Å². The van der Waals surface area contributed by atoms with Crippen LogP contribution in [0.5, 0.6) is 0 Å². The molecule has 1 N–H and O–H groups in total. The normalized spacial score (nSPS) is 20.5. The highest BCUT2D eigenvalue weighted by Crippen LogP contribution is 2.11. The Bertz CT molecular complexity index is 322. The van der Waals surface area contributed by atoms with Crippen LogP contribution in [0.4, 0.5) is 6.01 Å². The van der Waals surface area contributed by atoms with Crippen LogP contribution >= 0.6 is 0 Å². The predicted octanol–water partition coefficient (Wildman–Crippen LogP) is 1.48. The van der Waals surface area contributed by atoms with Gasteiger partial charge in [0.05, 0.1) is 12.8 Å². The Morgan fingerprint density at radius 2 is 2.57 bits per heavy atom. The minimum atomic E-state index is 0.201. The molecule has 0 radical (unpaired) electrons. The van der Waals surface area contributed by atoms with E-state index in [1.165, 1.54) is 0 Å². The Balaban J connectivity index is 1.79.